The molecule has 0 aromatic carbocycles. The van der Waals surface area contributed by atoms with Crippen LogP contribution in [0.15, 0.2) is 0 Å². The van der Waals surface area contributed by atoms with Crippen LogP contribution in [0.5, 0.6) is 0 Å². The minimum atomic E-state index is 0.378. The monoisotopic (exact) mass is 228 g/mol. The predicted octanol–water partition coefficient (Wildman–Crippen LogP) is 2.99. The average Bonchev–Trinajstić information content (AvgIpc) is 2.21. The predicted molar refractivity (Wildman–Crippen MR) is 73.9 cm³/mol. The van der Waals surface area contributed by atoms with E-state index in [1.807, 2.05) is 0 Å². The summed E-state index contributed by atoms with van der Waals surface area (Å²) in [5.41, 5.74) is 0.378. The molecule has 0 saturated carbocycles. The molecule has 0 saturated heterocycles. The number of hydrogen-bond acceptors (Lipinski definition) is 2. The Labute approximate surface area is 103 Å². The van der Waals surface area contributed by atoms with Crippen LogP contribution >= 0.6 is 0 Å². The minimum absolute atomic E-state index is 0.378. The Balaban J connectivity index is 3.76. The molecule has 0 aliphatic rings. The Morgan fingerprint density at radius 2 is 1.69 bits per heavy atom. The SMILES string of the molecule is CCN(CC)CC(C)(C)CNCCC(C)C. The van der Waals surface area contributed by atoms with Crippen LogP contribution in [0.1, 0.15) is 48.0 Å². The second kappa shape index (κ2) is 8.08. The van der Waals surface area contributed by atoms with Crippen LogP contribution in [0.4, 0.5) is 0 Å². The summed E-state index contributed by atoms with van der Waals surface area (Å²) in [4.78, 5) is 2.50. The van der Waals surface area contributed by atoms with Crippen molar-refractivity contribution in [1.29, 1.82) is 0 Å². The van der Waals surface area contributed by atoms with Gasteiger partial charge in [-0.25, -0.2) is 0 Å². The van der Waals surface area contributed by atoms with Crippen LogP contribution in [0.3, 0.4) is 0 Å². The second-order valence-electron chi connectivity index (χ2n) is 5.98. The Kier molecular flexibility index (Phi) is 8.04. The first-order chi connectivity index (χ1) is 7.41. The number of nitrogens with zero attached hydrogens (tertiary/aromatic N) is 1. The molecule has 0 rings (SSSR count). The van der Waals surface area contributed by atoms with Crippen molar-refractivity contribution in [3.8, 4) is 0 Å². The number of nitrogens with one attached hydrogen (secondary N) is 1. The molecule has 0 radical (unpaired) electrons. The van der Waals surface area contributed by atoms with Gasteiger partial charge in [-0.05, 0) is 37.4 Å². The standard InChI is InChI=1S/C14H32N2/c1-7-16(8-2)12-14(5,6)11-15-10-9-13(3)4/h13,15H,7-12H2,1-6H3. The van der Waals surface area contributed by atoms with Gasteiger partial charge in [0.1, 0.15) is 0 Å². The van der Waals surface area contributed by atoms with Gasteiger partial charge in [-0.15, -0.1) is 0 Å². The largest absolute Gasteiger partial charge is 0.316 e. The number of hydrogen-bond donors (Lipinski definition) is 1. The summed E-state index contributed by atoms with van der Waals surface area (Å²) in [6.07, 6.45) is 1.28. The number of rotatable bonds is 9. The van der Waals surface area contributed by atoms with Crippen molar-refractivity contribution in [3.05, 3.63) is 0 Å². The molecular formula is C14H32N2. The van der Waals surface area contributed by atoms with Crippen molar-refractivity contribution in [3.63, 3.8) is 0 Å². The average molecular weight is 228 g/mol. The van der Waals surface area contributed by atoms with E-state index in [9.17, 15) is 0 Å². The Hall–Kier alpha value is -0.0800. The Bertz CT molecular complexity index is 160. The molecule has 0 unspecified atom stereocenters. The lowest BCUT2D eigenvalue weighted by atomic mass is 9.92. The van der Waals surface area contributed by atoms with Crippen molar-refractivity contribution in [2.24, 2.45) is 11.3 Å². The molecule has 0 aromatic heterocycles. The van der Waals surface area contributed by atoms with Gasteiger partial charge in [0.15, 0.2) is 0 Å². The quantitative estimate of drug-likeness (QED) is 0.610. The molecule has 0 aliphatic heterocycles. The molecule has 16 heavy (non-hydrogen) atoms. The lowest BCUT2D eigenvalue weighted by molar-refractivity contribution is 0.187. The van der Waals surface area contributed by atoms with Gasteiger partial charge < -0.3 is 10.2 Å². The van der Waals surface area contributed by atoms with E-state index in [-0.39, 0.29) is 0 Å². The molecule has 2 heteroatoms. The van der Waals surface area contributed by atoms with E-state index in [4.69, 9.17) is 0 Å². The molecule has 0 bridgehead atoms. The Morgan fingerprint density at radius 1 is 1.12 bits per heavy atom. The maximum atomic E-state index is 3.58. The van der Waals surface area contributed by atoms with Crippen molar-refractivity contribution in [2.45, 2.75) is 48.0 Å². The van der Waals surface area contributed by atoms with Crippen LogP contribution < -0.4 is 5.32 Å². The van der Waals surface area contributed by atoms with E-state index < -0.39 is 0 Å². The molecule has 0 heterocycles. The molecule has 0 fully saturated rings. The molecule has 2 nitrogen and oxygen atoms in total. The maximum absolute atomic E-state index is 3.58. The van der Waals surface area contributed by atoms with Crippen molar-refractivity contribution < 1.29 is 0 Å². The van der Waals surface area contributed by atoms with Gasteiger partial charge in [-0.2, -0.15) is 0 Å². The molecule has 0 spiro atoms. The van der Waals surface area contributed by atoms with Gasteiger partial charge >= 0.3 is 0 Å². The highest BCUT2D eigenvalue weighted by Crippen LogP contribution is 2.15. The van der Waals surface area contributed by atoms with Gasteiger partial charge in [0.25, 0.3) is 0 Å². The third-order valence-electron chi connectivity index (χ3n) is 3.05. The highest BCUT2D eigenvalue weighted by Gasteiger charge is 2.19. The lowest BCUT2D eigenvalue weighted by Gasteiger charge is -2.31. The summed E-state index contributed by atoms with van der Waals surface area (Å²) in [6.45, 7) is 19.5. The first-order valence-electron chi connectivity index (χ1n) is 6.84. The van der Waals surface area contributed by atoms with Gasteiger partial charge in [-0.1, -0.05) is 41.5 Å². The van der Waals surface area contributed by atoms with Crippen LogP contribution in [-0.4, -0.2) is 37.6 Å². The minimum Gasteiger partial charge on any atom is -0.316 e. The Morgan fingerprint density at radius 3 is 2.12 bits per heavy atom. The van der Waals surface area contributed by atoms with Crippen LogP contribution in [0.25, 0.3) is 0 Å². The molecular weight excluding hydrogens is 196 g/mol. The third-order valence-corrected chi connectivity index (χ3v) is 3.05. The summed E-state index contributed by atoms with van der Waals surface area (Å²) >= 11 is 0. The van der Waals surface area contributed by atoms with E-state index in [0.29, 0.717) is 5.41 Å². The molecule has 0 aromatic rings. The zero-order valence-electron chi connectivity index (χ0n) is 12.3. The van der Waals surface area contributed by atoms with E-state index in [1.165, 1.54) is 13.0 Å². The van der Waals surface area contributed by atoms with E-state index in [0.717, 1.165) is 32.1 Å². The highest BCUT2D eigenvalue weighted by atomic mass is 15.1. The molecule has 0 atom stereocenters. The third kappa shape index (κ3) is 8.12. The van der Waals surface area contributed by atoms with Gasteiger partial charge in [0, 0.05) is 13.1 Å². The van der Waals surface area contributed by atoms with Crippen LogP contribution in [-0.2, 0) is 0 Å². The summed E-state index contributed by atoms with van der Waals surface area (Å²) in [5, 5.41) is 3.58. The summed E-state index contributed by atoms with van der Waals surface area (Å²) in [6, 6.07) is 0. The molecule has 1 N–H and O–H groups in total. The smallest absolute Gasteiger partial charge is 0.00446 e. The fourth-order valence-electron chi connectivity index (χ4n) is 1.93. The maximum Gasteiger partial charge on any atom is 0.00446 e. The van der Waals surface area contributed by atoms with E-state index >= 15 is 0 Å². The van der Waals surface area contributed by atoms with Crippen LogP contribution in [0.2, 0.25) is 0 Å². The van der Waals surface area contributed by atoms with Crippen LogP contribution in [0, 0.1) is 11.3 Å². The fraction of sp³-hybridized carbons (Fsp3) is 1.00. The summed E-state index contributed by atoms with van der Waals surface area (Å²) in [5.74, 6) is 0.804. The zero-order chi connectivity index (χ0) is 12.6. The van der Waals surface area contributed by atoms with E-state index in [1.54, 1.807) is 0 Å². The highest BCUT2D eigenvalue weighted by molar-refractivity contribution is 4.75. The van der Waals surface area contributed by atoms with Gasteiger partial charge in [0.2, 0.25) is 0 Å². The second-order valence-corrected chi connectivity index (χ2v) is 5.98. The van der Waals surface area contributed by atoms with Gasteiger partial charge in [-0.3, -0.25) is 0 Å². The fourth-order valence-corrected chi connectivity index (χ4v) is 1.93. The first-order valence-corrected chi connectivity index (χ1v) is 6.84. The van der Waals surface area contributed by atoms with Gasteiger partial charge in [0.05, 0.1) is 0 Å². The zero-order valence-corrected chi connectivity index (χ0v) is 12.3. The summed E-state index contributed by atoms with van der Waals surface area (Å²) < 4.78 is 0. The lowest BCUT2D eigenvalue weighted by Crippen LogP contribution is -2.40. The normalized spacial score (nSPS) is 12.8. The molecule has 98 valence electrons. The van der Waals surface area contributed by atoms with E-state index in [2.05, 4.69) is 51.8 Å². The van der Waals surface area contributed by atoms with Crippen molar-refractivity contribution in [1.82, 2.24) is 10.2 Å². The topological polar surface area (TPSA) is 15.3 Å². The first kappa shape index (κ1) is 15.9. The summed E-state index contributed by atoms with van der Waals surface area (Å²) in [7, 11) is 0. The van der Waals surface area contributed by atoms with Crippen molar-refractivity contribution >= 4 is 0 Å². The molecule has 0 amide bonds. The molecule has 0 aliphatic carbocycles. The van der Waals surface area contributed by atoms with Crippen molar-refractivity contribution in [2.75, 3.05) is 32.7 Å².